The van der Waals surface area contributed by atoms with Crippen molar-refractivity contribution < 1.29 is 19.0 Å². The Hall–Kier alpha value is -1.85. The summed E-state index contributed by atoms with van der Waals surface area (Å²) < 4.78 is 16.2. The van der Waals surface area contributed by atoms with E-state index in [-0.39, 0.29) is 11.9 Å². The zero-order chi connectivity index (χ0) is 19.6. The van der Waals surface area contributed by atoms with E-state index in [0.717, 1.165) is 30.6 Å². The standard InChI is InChI=1S/C21H33NO4/c1-6-17(19(22)20(23)26-21(2,3)4)9-7-8-14-25-15-16-10-12-18(24-5)13-11-16/h6,10-13,17,19H,1,7-9,14-15,22H2,2-5H3/t17-,19+/m1/s1. The molecule has 1 aromatic rings. The lowest BCUT2D eigenvalue weighted by Gasteiger charge is -2.25. The number of ether oxygens (including phenoxy) is 3. The molecular formula is C21H33NO4. The Bertz CT molecular complexity index is 548. The molecule has 26 heavy (non-hydrogen) atoms. The molecule has 0 fully saturated rings. The van der Waals surface area contributed by atoms with Gasteiger partial charge in [-0.15, -0.1) is 6.58 Å². The van der Waals surface area contributed by atoms with Crippen molar-refractivity contribution in [1.29, 1.82) is 0 Å². The first-order valence-corrected chi connectivity index (χ1v) is 9.08. The number of rotatable bonds is 11. The van der Waals surface area contributed by atoms with Gasteiger partial charge in [-0.05, 0) is 51.3 Å². The molecule has 1 aromatic carbocycles. The highest BCUT2D eigenvalue weighted by molar-refractivity contribution is 5.76. The number of hydrogen-bond donors (Lipinski definition) is 1. The molecule has 0 saturated carbocycles. The molecule has 5 nitrogen and oxygen atoms in total. The third-order valence-corrected chi connectivity index (χ3v) is 3.95. The highest BCUT2D eigenvalue weighted by atomic mass is 16.6. The van der Waals surface area contributed by atoms with Gasteiger partial charge in [0.1, 0.15) is 17.4 Å². The fourth-order valence-electron chi connectivity index (χ4n) is 2.48. The van der Waals surface area contributed by atoms with Crippen molar-refractivity contribution in [3.63, 3.8) is 0 Å². The smallest absolute Gasteiger partial charge is 0.324 e. The molecule has 0 spiro atoms. The molecule has 146 valence electrons. The highest BCUT2D eigenvalue weighted by Gasteiger charge is 2.27. The lowest BCUT2D eigenvalue weighted by Crippen LogP contribution is -2.42. The Morgan fingerprint density at radius 3 is 2.42 bits per heavy atom. The number of nitrogens with two attached hydrogens (primary N) is 1. The third kappa shape index (κ3) is 8.50. The number of methoxy groups -OCH3 is 1. The van der Waals surface area contributed by atoms with Crippen LogP contribution >= 0.6 is 0 Å². The van der Waals surface area contributed by atoms with Crippen molar-refractivity contribution in [2.24, 2.45) is 11.7 Å². The van der Waals surface area contributed by atoms with Crippen molar-refractivity contribution >= 4 is 5.97 Å². The molecule has 0 heterocycles. The summed E-state index contributed by atoms with van der Waals surface area (Å²) in [5.74, 6) is 0.370. The van der Waals surface area contributed by atoms with Crippen LogP contribution in [0.1, 0.15) is 45.6 Å². The summed E-state index contributed by atoms with van der Waals surface area (Å²) in [6.45, 7) is 10.5. The highest BCUT2D eigenvalue weighted by Crippen LogP contribution is 2.17. The average Bonchev–Trinajstić information content (AvgIpc) is 2.59. The first kappa shape index (κ1) is 22.2. The molecule has 1 rings (SSSR count). The summed E-state index contributed by atoms with van der Waals surface area (Å²) in [7, 11) is 1.65. The topological polar surface area (TPSA) is 70.8 Å². The minimum Gasteiger partial charge on any atom is -0.497 e. The van der Waals surface area contributed by atoms with Crippen LogP contribution in [0.2, 0.25) is 0 Å². The van der Waals surface area contributed by atoms with Crippen LogP contribution in [0.4, 0.5) is 0 Å². The minimum absolute atomic E-state index is 0.0913. The summed E-state index contributed by atoms with van der Waals surface area (Å²) in [4.78, 5) is 12.1. The Morgan fingerprint density at radius 1 is 1.23 bits per heavy atom. The van der Waals surface area contributed by atoms with Crippen molar-refractivity contribution in [3.8, 4) is 5.75 Å². The predicted molar refractivity (Wildman–Crippen MR) is 104 cm³/mol. The van der Waals surface area contributed by atoms with E-state index in [1.165, 1.54) is 0 Å². The number of esters is 1. The van der Waals surface area contributed by atoms with Crippen LogP contribution in [0.25, 0.3) is 0 Å². The Morgan fingerprint density at radius 2 is 1.88 bits per heavy atom. The molecule has 5 heteroatoms. The van der Waals surface area contributed by atoms with Gasteiger partial charge in [0.25, 0.3) is 0 Å². The maximum absolute atomic E-state index is 12.1. The first-order valence-electron chi connectivity index (χ1n) is 9.08. The molecule has 0 aliphatic rings. The van der Waals surface area contributed by atoms with Gasteiger partial charge in [0.2, 0.25) is 0 Å². The van der Waals surface area contributed by atoms with Gasteiger partial charge in [0, 0.05) is 12.5 Å². The second-order valence-corrected chi connectivity index (χ2v) is 7.36. The number of benzene rings is 1. The average molecular weight is 363 g/mol. The maximum atomic E-state index is 12.1. The maximum Gasteiger partial charge on any atom is 0.324 e. The summed E-state index contributed by atoms with van der Waals surface area (Å²) >= 11 is 0. The summed E-state index contributed by atoms with van der Waals surface area (Å²) in [5, 5.41) is 0. The number of unbranched alkanes of at least 4 members (excludes halogenated alkanes) is 1. The van der Waals surface area contributed by atoms with Gasteiger partial charge in [-0.25, -0.2) is 0 Å². The Balaban J connectivity index is 2.25. The van der Waals surface area contributed by atoms with E-state index in [9.17, 15) is 4.79 Å². The molecule has 0 radical (unpaired) electrons. The number of carbonyl (C=O) groups is 1. The van der Waals surface area contributed by atoms with Gasteiger partial charge in [-0.2, -0.15) is 0 Å². The summed E-state index contributed by atoms with van der Waals surface area (Å²) in [6.07, 6.45) is 4.35. The molecule has 2 atom stereocenters. The molecule has 2 N–H and O–H groups in total. The fraction of sp³-hybridized carbons (Fsp3) is 0.571. The Labute approximate surface area is 157 Å². The molecule has 0 amide bonds. The van der Waals surface area contributed by atoms with Crippen LogP contribution in [0.15, 0.2) is 36.9 Å². The van der Waals surface area contributed by atoms with Crippen molar-refractivity contribution in [2.75, 3.05) is 13.7 Å². The van der Waals surface area contributed by atoms with E-state index in [1.54, 1.807) is 13.2 Å². The zero-order valence-electron chi connectivity index (χ0n) is 16.5. The fourth-order valence-corrected chi connectivity index (χ4v) is 2.48. The van der Waals surface area contributed by atoms with E-state index in [2.05, 4.69) is 6.58 Å². The summed E-state index contributed by atoms with van der Waals surface area (Å²) in [5.41, 5.74) is 6.61. The van der Waals surface area contributed by atoms with Gasteiger partial charge in [0.05, 0.1) is 13.7 Å². The van der Waals surface area contributed by atoms with Crippen LogP contribution in [0.5, 0.6) is 5.75 Å². The van der Waals surface area contributed by atoms with Crippen molar-refractivity contribution in [2.45, 2.75) is 58.3 Å². The molecule has 0 aliphatic carbocycles. The SMILES string of the molecule is C=C[C@H](CCCCOCc1ccc(OC)cc1)[C@H](N)C(=O)OC(C)(C)C. The third-order valence-electron chi connectivity index (χ3n) is 3.95. The van der Waals surface area contributed by atoms with E-state index in [4.69, 9.17) is 19.9 Å². The second-order valence-electron chi connectivity index (χ2n) is 7.36. The van der Waals surface area contributed by atoms with Crippen molar-refractivity contribution in [3.05, 3.63) is 42.5 Å². The molecule has 0 saturated heterocycles. The molecular weight excluding hydrogens is 330 g/mol. The lowest BCUT2D eigenvalue weighted by molar-refractivity contribution is -0.157. The van der Waals surface area contributed by atoms with Crippen LogP contribution in [0.3, 0.4) is 0 Å². The second kappa shape index (κ2) is 11.0. The van der Waals surface area contributed by atoms with E-state index < -0.39 is 11.6 Å². The molecule has 0 bridgehead atoms. The normalized spacial score (nSPS) is 13.7. The van der Waals surface area contributed by atoms with Gasteiger partial charge >= 0.3 is 5.97 Å². The summed E-state index contributed by atoms with van der Waals surface area (Å²) in [6, 6.07) is 7.15. The predicted octanol–water partition coefficient (Wildman–Crippen LogP) is 3.85. The van der Waals surface area contributed by atoms with Crippen LogP contribution in [-0.2, 0) is 20.9 Å². The monoisotopic (exact) mass is 363 g/mol. The molecule has 0 unspecified atom stereocenters. The zero-order valence-corrected chi connectivity index (χ0v) is 16.5. The minimum atomic E-state index is -0.674. The lowest BCUT2D eigenvalue weighted by atomic mass is 9.94. The van der Waals surface area contributed by atoms with Gasteiger partial charge in [0.15, 0.2) is 0 Å². The van der Waals surface area contributed by atoms with Gasteiger partial charge in [-0.3, -0.25) is 4.79 Å². The Kier molecular flexibility index (Phi) is 9.38. The largest absolute Gasteiger partial charge is 0.497 e. The van der Waals surface area contributed by atoms with E-state index in [1.807, 2.05) is 45.0 Å². The van der Waals surface area contributed by atoms with Crippen molar-refractivity contribution in [1.82, 2.24) is 0 Å². The van der Waals surface area contributed by atoms with E-state index in [0.29, 0.717) is 13.2 Å². The van der Waals surface area contributed by atoms with E-state index >= 15 is 0 Å². The van der Waals surface area contributed by atoms with Crippen LogP contribution in [-0.4, -0.2) is 31.3 Å². The van der Waals surface area contributed by atoms with Gasteiger partial charge < -0.3 is 19.9 Å². The quantitative estimate of drug-likeness (QED) is 0.367. The number of hydrogen-bond acceptors (Lipinski definition) is 5. The number of carbonyl (C=O) groups excluding carboxylic acids is 1. The first-order chi connectivity index (χ1) is 12.3. The van der Waals surface area contributed by atoms with Crippen LogP contribution in [0, 0.1) is 5.92 Å². The molecule has 0 aromatic heterocycles. The van der Waals surface area contributed by atoms with Crippen LogP contribution < -0.4 is 10.5 Å². The molecule has 0 aliphatic heterocycles. The van der Waals surface area contributed by atoms with Gasteiger partial charge in [-0.1, -0.05) is 24.6 Å².